The van der Waals surface area contributed by atoms with Crippen molar-refractivity contribution in [2.45, 2.75) is 18.9 Å². The summed E-state index contributed by atoms with van der Waals surface area (Å²) in [6.07, 6.45) is 1.21. The molecule has 0 saturated heterocycles. The quantitative estimate of drug-likeness (QED) is 0.778. The van der Waals surface area contributed by atoms with E-state index >= 15 is 0 Å². The number of hydrogen-bond donors (Lipinski definition) is 1. The molecular weight excluding hydrogens is 342 g/mol. The zero-order valence-corrected chi connectivity index (χ0v) is 14.9. The SMILES string of the molecule is COc1ccc(-c2ccc(=O)n([C@@H]3CCc4ccccc4NC3=O)n2)cc1. The van der Waals surface area contributed by atoms with E-state index in [2.05, 4.69) is 10.4 Å². The third-order valence-electron chi connectivity index (χ3n) is 4.77. The second-order valence-electron chi connectivity index (χ2n) is 6.43. The van der Waals surface area contributed by atoms with Crippen LogP contribution in [0.5, 0.6) is 5.75 Å². The van der Waals surface area contributed by atoms with Crippen LogP contribution < -0.4 is 15.6 Å². The van der Waals surface area contributed by atoms with Gasteiger partial charge in [0.05, 0.1) is 12.8 Å². The molecule has 0 fully saturated rings. The molecule has 0 saturated carbocycles. The Hall–Kier alpha value is -3.41. The van der Waals surface area contributed by atoms with Crippen LogP contribution in [-0.2, 0) is 11.2 Å². The normalized spacial score (nSPS) is 16.2. The second-order valence-corrected chi connectivity index (χ2v) is 6.43. The van der Waals surface area contributed by atoms with Crippen LogP contribution in [0.3, 0.4) is 0 Å². The molecule has 2 aromatic carbocycles. The first-order chi connectivity index (χ1) is 13.2. The van der Waals surface area contributed by atoms with Crippen LogP contribution in [0.25, 0.3) is 11.3 Å². The molecule has 2 heterocycles. The molecule has 0 aliphatic carbocycles. The molecule has 1 aliphatic heterocycles. The summed E-state index contributed by atoms with van der Waals surface area (Å²) >= 11 is 0. The van der Waals surface area contributed by atoms with Crippen molar-refractivity contribution in [3.05, 3.63) is 76.6 Å². The lowest BCUT2D eigenvalue weighted by molar-refractivity contribution is -0.119. The molecule has 27 heavy (non-hydrogen) atoms. The molecule has 6 nitrogen and oxygen atoms in total. The highest BCUT2D eigenvalue weighted by Gasteiger charge is 2.26. The highest BCUT2D eigenvalue weighted by atomic mass is 16.5. The Morgan fingerprint density at radius 3 is 2.59 bits per heavy atom. The van der Waals surface area contributed by atoms with E-state index in [4.69, 9.17) is 4.74 Å². The van der Waals surface area contributed by atoms with Gasteiger partial charge in [-0.2, -0.15) is 5.10 Å². The van der Waals surface area contributed by atoms with Crippen molar-refractivity contribution in [3.8, 4) is 17.0 Å². The minimum absolute atomic E-state index is 0.221. The van der Waals surface area contributed by atoms with Crippen LogP contribution in [-0.4, -0.2) is 22.8 Å². The summed E-state index contributed by atoms with van der Waals surface area (Å²) < 4.78 is 6.47. The average Bonchev–Trinajstić information content (AvgIpc) is 2.87. The van der Waals surface area contributed by atoms with Gasteiger partial charge in [0.1, 0.15) is 11.8 Å². The van der Waals surface area contributed by atoms with Gasteiger partial charge in [0.2, 0.25) is 5.91 Å². The third-order valence-corrected chi connectivity index (χ3v) is 4.77. The third kappa shape index (κ3) is 3.33. The van der Waals surface area contributed by atoms with Crippen molar-refractivity contribution < 1.29 is 9.53 Å². The molecular formula is C21H19N3O3. The Bertz CT molecular complexity index is 1040. The molecule has 3 aromatic rings. The van der Waals surface area contributed by atoms with Crippen molar-refractivity contribution >= 4 is 11.6 Å². The van der Waals surface area contributed by atoms with Crippen LogP contribution in [0.1, 0.15) is 18.0 Å². The molecule has 1 amide bonds. The van der Waals surface area contributed by atoms with Crippen LogP contribution in [0, 0.1) is 0 Å². The second kappa shape index (κ2) is 7.07. The van der Waals surface area contributed by atoms with E-state index in [1.165, 1.54) is 10.7 Å². The van der Waals surface area contributed by atoms with Gasteiger partial charge >= 0.3 is 0 Å². The number of nitrogens with zero attached hydrogens (tertiary/aromatic N) is 2. The van der Waals surface area contributed by atoms with Gasteiger partial charge in [0, 0.05) is 17.3 Å². The number of carbonyl (C=O) groups is 1. The number of aryl methyl sites for hydroxylation is 1. The Balaban J connectivity index is 1.69. The minimum atomic E-state index is -0.650. The van der Waals surface area contributed by atoms with E-state index in [0.717, 1.165) is 22.6 Å². The number of benzene rings is 2. The number of para-hydroxylation sites is 1. The maximum absolute atomic E-state index is 12.7. The molecule has 1 atom stereocenters. The molecule has 0 radical (unpaired) electrons. The summed E-state index contributed by atoms with van der Waals surface area (Å²) in [6.45, 7) is 0. The number of anilines is 1. The Morgan fingerprint density at radius 1 is 1.04 bits per heavy atom. The standard InChI is InChI=1S/C21H19N3O3/c1-27-16-9-6-15(7-10-16)18-11-13-20(25)24(23-18)19-12-8-14-4-2-3-5-17(14)22-21(19)26/h2-7,9-11,13,19H,8,12H2,1H3,(H,22,26)/t19-/m1/s1. The molecule has 0 bridgehead atoms. The monoisotopic (exact) mass is 361 g/mol. The number of nitrogens with one attached hydrogen (secondary N) is 1. The molecule has 1 aromatic heterocycles. The van der Waals surface area contributed by atoms with E-state index in [1.807, 2.05) is 48.5 Å². The lowest BCUT2D eigenvalue weighted by Crippen LogP contribution is -2.34. The van der Waals surface area contributed by atoms with Crippen molar-refractivity contribution in [1.82, 2.24) is 9.78 Å². The average molecular weight is 361 g/mol. The number of carbonyl (C=O) groups excluding carboxylic acids is 1. The number of fused-ring (bicyclic) bond motifs is 1. The highest BCUT2D eigenvalue weighted by Crippen LogP contribution is 2.26. The zero-order valence-electron chi connectivity index (χ0n) is 14.9. The maximum atomic E-state index is 12.7. The summed E-state index contributed by atoms with van der Waals surface area (Å²) in [6, 6.07) is 17.6. The largest absolute Gasteiger partial charge is 0.497 e. The van der Waals surface area contributed by atoms with Crippen molar-refractivity contribution in [2.75, 3.05) is 12.4 Å². The molecule has 6 heteroatoms. The molecule has 1 aliphatic rings. The van der Waals surface area contributed by atoms with E-state index < -0.39 is 6.04 Å². The van der Waals surface area contributed by atoms with Crippen molar-refractivity contribution in [3.63, 3.8) is 0 Å². The molecule has 0 spiro atoms. The topological polar surface area (TPSA) is 73.2 Å². The molecule has 1 N–H and O–H groups in total. The van der Waals surface area contributed by atoms with Crippen LogP contribution in [0.15, 0.2) is 65.5 Å². The van der Waals surface area contributed by atoms with Crippen molar-refractivity contribution in [2.24, 2.45) is 0 Å². The Labute approximate surface area is 156 Å². The van der Waals surface area contributed by atoms with Gasteiger partial charge in [-0.1, -0.05) is 18.2 Å². The minimum Gasteiger partial charge on any atom is -0.497 e. The number of aromatic nitrogens is 2. The maximum Gasteiger partial charge on any atom is 0.267 e. The molecule has 0 unspecified atom stereocenters. The predicted octanol–water partition coefficient (Wildman–Crippen LogP) is 3.04. The van der Waals surface area contributed by atoms with E-state index in [0.29, 0.717) is 18.5 Å². The number of hydrogen-bond acceptors (Lipinski definition) is 4. The fourth-order valence-electron chi connectivity index (χ4n) is 3.30. The van der Waals surface area contributed by atoms with E-state index in [-0.39, 0.29) is 11.5 Å². The lowest BCUT2D eigenvalue weighted by Gasteiger charge is -2.16. The number of ether oxygens (including phenoxy) is 1. The van der Waals surface area contributed by atoms with Crippen molar-refractivity contribution in [1.29, 1.82) is 0 Å². The first-order valence-corrected chi connectivity index (χ1v) is 8.79. The number of amides is 1. The Morgan fingerprint density at radius 2 is 1.81 bits per heavy atom. The highest BCUT2D eigenvalue weighted by molar-refractivity contribution is 5.95. The van der Waals surface area contributed by atoms with E-state index in [1.54, 1.807) is 13.2 Å². The first-order valence-electron chi connectivity index (χ1n) is 8.79. The fraction of sp³-hybridized carbons (Fsp3) is 0.190. The summed E-state index contributed by atoms with van der Waals surface area (Å²) in [4.78, 5) is 25.2. The summed E-state index contributed by atoms with van der Waals surface area (Å²) in [5.41, 5.74) is 3.05. The Kier molecular flexibility index (Phi) is 4.46. The molecule has 136 valence electrons. The zero-order chi connectivity index (χ0) is 18.8. The molecule has 4 rings (SSSR count). The number of methoxy groups -OCH3 is 1. The van der Waals surface area contributed by atoms with Gasteiger partial charge < -0.3 is 10.1 Å². The van der Waals surface area contributed by atoms with Crippen LogP contribution in [0.2, 0.25) is 0 Å². The summed E-state index contributed by atoms with van der Waals surface area (Å²) in [5.74, 6) is 0.523. The van der Waals surface area contributed by atoms with Gasteiger partial charge in [-0.15, -0.1) is 0 Å². The van der Waals surface area contributed by atoms with Gasteiger partial charge in [0.15, 0.2) is 0 Å². The van der Waals surface area contributed by atoms with Gasteiger partial charge in [-0.3, -0.25) is 9.59 Å². The summed E-state index contributed by atoms with van der Waals surface area (Å²) in [7, 11) is 1.61. The smallest absolute Gasteiger partial charge is 0.267 e. The summed E-state index contributed by atoms with van der Waals surface area (Å²) in [5, 5.41) is 7.40. The fourth-order valence-corrected chi connectivity index (χ4v) is 3.30. The van der Waals surface area contributed by atoms with E-state index in [9.17, 15) is 9.59 Å². The van der Waals surface area contributed by atoms with Gasteiger partial charge in [0.25, 0.3) is 5.56 Å². The van der Waals surface area contributed by atoms with Crippen LogP contribution in [0.4, 0.5) is 5.69 Å². The van der Waals surface area contributed by atoms with Gasteiger partial charge in [-0.25, -0.2) is 4.68 Å². The predicted molar refractivity (Wildman–Crippen MR) is 103 cm³/mol. The van der Waals surface area contributed by atoms with Gasteiger partial charge in [-0.05, 0) is 54.8 Å². The first kappa shape index (κ1) is 17.0. The van der Waals surface area contributed by atoms with Crippen LogP contribution >= 0.6 is 0 Å². The lowest BCUT2D eigenvalue weighted by atomic mass is 10.1. The number of rotatable bonds is 3.